The number of anilines is 1. The number of oxazole rings is 1. The third-order valence-corrected chi connectivity index (χ3v) is 4.58. The van der Waals surface area contributed by atoms with Gasteiger partial charge in [0.15, 0.2) is 5.76 Å². The Labute approximate surface area is 146 Å². The lowest BCUT2D eigenvalue weighted by molar-refractivity contribution is -0.121. The lowest BCUT2D eigenvalue weighted by Gasteiger charge is -2.34. The minimum atomic E-state index is -0.267. The molecule has 1 aliphatic heterocycles. The summed E-state index contributed by atoms with van der Waals surface area (Å²) in [6.07, 6.45) is 2.43. The topological polar surface area (TPSA) is 72.4 Å². The van der Waals surface area contributed by atoms with Gasteiger partial charge in [-0.15, -0.1) is 0 Å². The Balaban J connectivity index is 1.60. The predicted octanol–water partition coefficient (Wildman–Crippen LogP) is 3.01. The quantitative estimate of drug-likeness (QED) is 0.796. The van der Waals surface area contributed by atoms with Crippen LogP contribution in [0, 0.1) is 5.92 Å². The van der Waals surface area contributed by atoms with Crippen molar-refractivity contribution in [2.45, 2.75) is 13.0 Å². The number of fused-ring (bicyclic) bond motifs is 1. The number of nitrogens with two attached hydrogens (primary N) is 1. The second-order valence-electron chi connectivity index (χ2n) is 6.30. The molecule has 1 aliphatic rings. The average Bonchev–Trinajstić information content (AvgIpc) is 3.11. The SMILES string of the molecule is NC(=O)C1Cc2ccccc2N(Cc2ncc(-c3ccccc3)o2)C1. The molecule has 0 spiro atoms. The summed E-state index contributed by atoms with van der Waals surface area (Å²) in [5.41, 5.74) is 8.79. The molecule has 2 heterocycles. The summed E-state index contributed by atoms with van der Waals surface area (Å²) in [6, 6.07) is 18.0. The number of hydrogen-bond acceptors (Lipinski definition) is 4. The van der Waals surface area contributed by atoms with Crippen LogP contribution in [0.3, 0.4) is 0 Å². The molecular weight excluding hydrogens is 314 g/mol. The minimum Gasteiger partial charge on any atom is -0.439 e. The Kier molecular flexibility index (Phi) is 3.98. The third-order valence-electron chi connectivity index (χ3n) is 4.58. The first-order valence-electron chi connectivity index (χ1n) is 8.33. The molecule has 0 radical (unpaired) electrons. The molecule has 4 rings (SSSR count). The van der Waals surface area contributed by atoms with E-state index in [1.54, 1.807) is 6.20 Å². The number of nitrogens with zero attached hydrogens (tertiary/aromatic N) is 2. The fourth-order valence-electron chi connectivity index (χ4n) is 3.31. The van der Waals surface area contributed by atoms with Gasteiger partial charge >= 0.3 is 0 Å². The number of para-hydroxylation sites is 1. The first-order valence-corrected chi connectivity index (χ1v) is 8.33. The van der Waals surface area contributed by atoms with Crippen LogP contribution in [0.1, 0.15) is 11.5 Å². The third kappa shape index (κ3) is 3.13. The van der Waals surface area contributed by atoms with Crippen LogP contribution >= 0.6 is 0 Å². The molecule has 1 aromatic heterocycles. The standard InChI is InChI=1S/C20H19N3O2/c21-20(24)16-10-15-8-4-5-9-17(15)23(12-16)13-19-22-11-18(25-19)14-6-2-1-3-7-14/h1-9,11,16H,10,12-13H2,(H2,21,24). The Hall–Kier alpha value is -3.08. The molecule has 5 heteroatoms. The smallest absolute Gasteiger partial charge is 0.222 e. The summed E-state index contributed by atoms with van der Waals surface area (Å²) in [6.45, 7) is 1.09. The van der Waals surface area contributed by atoms with Crippen molar-refractivity contribution in [3.63, 3.8) is 0 Å². The molecule has 1 unspecified atom stereocenters. The van der Waals surface area contributed by atoms with Crippen molar-refractivity contribution in [3.05, 3.63) is 72.2 Å². The van der Waals surface area contributed by atoms with E-state index in [0.29, 0.717) is 25.4 Å². The summed E-state index contributed by atoms with van der Waals surface area (Å²) >= 11 is 0. The van der Waals surface area contributed by atoms with Gasteiger partial charge in [-0.2, -0.15) is 0 Å². The van der Waals surface area contributed by atoms with Gasteiger partial charge in [-0.05, 0) is 18.1 Å². The van der Waals surface area contributed by atoms with E-state index in [4.69, 9.17) is 10.2 Å². The Bertz CT molecular complexity index is 889. The molecule has 0 aliphatic carbocycles. The van der Waals surface area contributed by atoms with Gasteiger partial charge in [-0.1, -0.05) is 48.5 Å². The van der Waals surface area contributed by atoms with Crippen LogP contribution in [0.2, 0.25) is 0 Å². The molecule has 2 N–H and O–H groups in total. The molecule has 5 nitrogen and oxygen atoms in total. The maximum absolute atomic E-state index is 11.7. The lowest BCUT2D eigenvalue weighted by Crippen LogP contribution is -2.41. The van der Waals surface area contributed by atoms with Gasteiger partial charge in [0.25, 0.3) is 0 Å². The van der Waals surface area contributed by atoms with E-state index in [9.17, 15) is 4.79 Å². The largest absolute Gasteiger partial charge is 0.439 e. The van der Waals surface area contributed by atoms with Gasteiger partial charge < -0.3 is 15.1 Å². The fraction of sp³-hybridized carbons (Fsp3) is 0.200. The fourth-order valence-corrected chi connectivity index (χ4v) is 3.31. The van der Waals surface area contributed by atoms with E-state index < -0.39 is 0 Å². The van der Waals surface area contributed by atoms with Crippen LogP contribution in [0.15, 0.2) is 65.2 Å². The molecule has 126 valence electrons. The first-order chi connectivity index (χ1) is 12.2. The number of rotatable bonds is 4. The highest BCUT2D eigenvalue weighted by molar-refractivity contribution is 5.79. The normalized spacial score (nSPS) is 16.5. The van der Waals surface area contributed by atoms with Crippen molar-refractivity contribution in [3.8, 4) is 11.3 Å². The van der Waals surface area contributed by atoms with E-state index in [1.165, 1.54) is 0 Å². The van der Waals surface area contributed by atoms with Gasteiger partial charge in [0.2, 0.25) is 11.8 Å². The highest BCUT2D eigenvalue weighted by atomic mass is 16.4. The summed E-state index contributed by atoms with van der Waals surface area (Å²) in [7, 11) is 0. The number of carbonyl (C=O) groups excluding carboxylic acids is 1. The van der Waals surface area contributed by atoms with Gasteiger partial charge in [-0.3, -0.25) is 4.79 Å². The molecule has 1 atom stereocenters. The van der Waals surface area contributed by atoms with Crippen molar-refractivity contribution in [2.24, 2.45) is 11.7 Å². The van der Waals surface area contributed by atoms with E-state index in [0.717, 1.165) is 22.6 Å². The molecule has 0 bridgehead atoms. The van der Waals surface area contributed by atoms with Crippen LogP contribution < -0.4 is 10.6 Å². The van der Waals surface area contributed by atoms with Crippen LogP contribution in [-0.4, -0.2) is 17.4 Å². The van der Waals surface area contributed by atoms with E-state index in [-0.39, 0.29) is 11.8 Å². The van der Waals surface area contributed by atoms with Crippen molar-refractivity contribution >= 4 is 11.6 Å². The summed E-state index contributed by atoms with van der Waals surface area (Å²) in [4.78, 5) is 18.2. The Morgan fingerprint density at radius 3 is 2.72 bits per heavy atom. The van der Waals surface area contributed by atoms with Crippen molar-refractivity contribution in [1.29, 1.82) is 0 Å². The number of primary amides is 1. The van der Waals surface area contributed by atoms with E-state index in [1.807, 2.05) is 48.5 Å². The maximum atomic E-state index is 11.7. The van der Waals surface area contributed by atoms with Gasteiger partial charge in [0.1, 0.15) is 0 Å². The molecular formula is C20H19N3O2. The zero-order chi connectivity index (χ0) is 17.2. The van der Waals surface area contributed by atoms with E-state index >= 15 is 0 Å². The summed E-state index contributed by atoms with van der Waals surface area (Å²) in [5.74, 6) is 0.904. The van der Waals surface area contributed by atoms with E-state index in [2.05, 4.69) is 16.0 Å². The number of hydrogen-bond donors (Lipinski definition) is 1. The second kappa shape index (κ2) is 6.43. The second-order valence-corrected chi connectivity index (χ2v) is 6.30. The Morgan fingerprint density at radius 2 is 1.92 bits per heavy atom. The highest BCUT2D eigenvalue weighted by Crippen LogP contribution is 2.31. The van der Waals surface area contributed by atoms with Crippen molar-refractivity contribution in [1.82, 2.24) is 4.98 Å². The molecule has 2 aromatic carbocycles. The zero-order valence-electron chi connectivity index (χ0n) is 13.8. The number of aromatic nitrogens is 1. The summed E-state index contributed by atoms with van der Waals surface area (Å²) < 4.78 is 5.91. The molecule has 0 fully saturated rings. The first kappa shape index (κ1) is 15.4. The van der Waals surface area contributed by atoms with Crippen LogP contribution in [0.4, 0.5) is 5.69 Å². The number of carbonyl (C=O) groups is 1. The molecule has 0 saturated heterocycles. The van der Waals surface area contributed by atoms with Crippen molar-refractivity contribution < 1.29 is 9.21 Å². The van der Waals surface area contributed by atoms with Gasteiger partial charge in [0.05, 0.1) is 18.7 Å². The summed E-state index contributed by atoms with van der Waals surface area (Å²) in [5, 5.41) is 0. The van der Waals surface area contributed by atoms with Gasteiger partial charge in [-0.25, -0.2) is 4.98 Å². The minimum absolute atomic E-state index is 0.196. The molecule has 25 heavy (non-hydrogen) atoms. The van der Waals surface area contributed by atoms with Crippen LogP contribution in [0.5, 0.6) is 0 Å². The monoisotopic (exact) mass is 333 g/mol. The number of benzene rings is 2. The highest BCUT2D eigenvalue weighted by Gasteiger charge is 2.28. The van der Waals surface area contributed by atoms with Crippen LogP contribution in [0.25, 0.3) is 11.3 Å². The Morgan fingerprint density at radius 1 is 1.16 bits per heavy atom. The molecule has 3 aromatic rings. The number of amides is 1. The van der Waals surface area contributed by atoms with Gasteiger partial charge in [0, 0.05) is 17.8 Å². The van der Waals surface area contributed by atoms with Crippen LogP contribution in [-0.2, 0) is 17.8 Å². The predicted molar refractivity (Wildman–Crippen MR) is 95.8 cm³/mol. The molecule has 1 amide bonds. The van der Waals surface area contributed by atoms with Crippen molar-refractivity contribution in [2.75, 3.05) is 11.4 Å². The average molecular weight is 333 g/mol. The maximum Gasteiger partial charge on any atom is 0.222 e. The zero-order valence-corrected chi connectivity index (χ0v) is 13.8. The lowest BCUT2D eigenvalue weighted by atomic mass is 9.92. The molecule has 0 saturated carbocycles.